The molecule has 3 aromatic rings. The van der Waals surface area contributed by atoms with Crippen LogP contribution in [0.4, 0.5) is 0 Å². The third kappa shape index (κ3) is 4.25. The monoisotopic (exact) mass is 352 g/mol. The molecule has 0 saturated heterocycles. The van der Waals surface area contributed by atoms with Crippen molar-refractivity contribution in [2.75, 3.05) is 13.2 Å². The number of rotatable bonds is 8. The zero-order valence-corrected chi connectivity index (χ0v) is 16.0. The number of fused-ring (bicyclic) bond motifs is 1. The number of ether oxygens (including phenoxy) is 1. The third-order valence-electron chi connectivity index (χ3n) is 4.82. The van der Waals surface area contributed by atoms with Gasteiger partial charge >= 0.3 is 0 Å². The Morgan fingerprint density at radius 1 is 1.00 bits per heavy atom. The van der Waals surface area contributed by atoms with Gasteiger partial charge in [-0.25, -0.2) is 4.98 Å². The Labute approximate surface area is 155 Å². The van der Waals surface area contributed by atoms with Crippen LogP contribution >= 0.6 is 0 Å². The van der Waals surface area contributed by atoms with Crippen molar-refractivity contribution in [3.8, 4) is 5.75 Å². The maximum atomic E-state index is 9.18. The minimum atomic E-state index is 0.192. The normalized spacial score (nSPS) is 11.2. The smallest absolute Gasteiger partial charge is 0.119 e. The first-order valence-electron chi connectivity index (χ1n) is 9.35. The maximum Gasteiger partial charge on any atom is 0.119 e. The molecule has 4 nitrogen and oxygen atoms in total. The van der Waals surface area contributed by atoms with E-state index >= 15 is 0 Å². The molecule has 0 amide bonds. The fourth-order valence-corrected chi connectivity index (χ4v) is 3.15. The van der Waals surface area contributed by atoms with Crippen LogP contribution < -0.4 is 4.74 Å². The first-order chi connectivity index (χ1) is 12.6. The predicted octanol–water partition coefficient (Wildman–Crippen LogP) is 4.36. The molecule has 1 N–H and O–H groups in total. The van der Waals surface area contributed by atoms with Gasteiger partial charge in [-0.05, 0) is 69.0 Å². The summed E-state index contributed by atoms with van der Waals surface area (Å²) in [6, 6.07) is 12.5. The van der Waals surface area contributed by atoms with Gasteiger partial charge < -0.3 is 14.4 Å². The highest BCUT2D eigenvalue weighted by molar-refractivity contribution is 5.78. The molecule has 1 aromatic heterocycles. The van der Waals surface area contributed by atoms with E-state index in [0.717, 1.165) is 42.9 Å². The summed E-state index contributed by atoms with van der Waals surface area (Å²) in [5.74, 6) is 1.97. The topological polar surface area (TPSA) is 47.3 Å². The molecule has 0 aliphatic carbocycles. The second-order valence-corrected chi connectivity index (χ2v) is 6.95. The van der Waals surface area contributed by atoms with Crippen LogP contribution in [-0.4, -0.2) is 27.9 Å². The molecule has 0 aliphatic heterocycles. The summed E-state index contributed by atoms with van der Waals surface area (Å²) in [7, 11) is 0. The van der Waals surface area contributed by atoms with Gasteiger partial charge in [-0.15, -0.1) is 0 Å². The zero-order chi connectivity index (χ0) is 18.5. The summed E-state index contributed by atoms with van der Waals surface area (Å²) < 4.78 is 8.15. The van der Waals surface area contributed by atoms with E-state index in [1.165, 1.54) is 22.2 Å². The molecule has 3 rings (SSSR count). The number of imidazole rings is 1. The molecule has 0 aliphatic rings. The van der Waals surface area contributed by atoms with Crippen LogP contribution in [0.2, 0.25) is 0 Å². The number of benzene rings is 2. The first-order valence-corrected chi connectivity index (χ1v) is 9.35. The average molecular weight is 352 g/mol. The Kier molecular flexibility index (Phi) is 5.94. The third-order valence-corrected chi connectivity index (χ3v) is 4.82. The van der Waals surface area contributed by atoms with E-state index < -0.39 is 0 Å². The molecule has 0 atom stereocenters. The lowest BCUT2D eigenvalue weighted by Gasteiger charge is -2.11. The summed E-state index contributed by atoms with van der Waals surface area (Å²) in [5, 5.41) is 9.18. The molecule has 0 bridgehead atoms. The van der Waals surface area contributed by atoms with Gasteiger partial charge in [-0.3, -0.25) is 0 Å². The van der Waals surface area contributed by atoms with Crippen LogP contribution in [0, 0.1) is 20.8 Å². The molecular formula is C22H28N2O2. The predicted molar refractivity (Wildman–Crippen MR) is 106 cm³/mol. The van der Waals surface area contributed by atoms with Crippen LogP contribution in [0.15, 0.2) is 36.4 Å². The molecule has 1 heterocycles. The highest BCUT2D eigenvalue weighted by atomic mass is 16.5. The number of aromatic nitrogens is 2. The average Bonchev–Trinajstić information content (AvgIpc) is 2.95. The Bertz CT molecular complexity index is 866. The van der Waals surface area contributed by atoms with Crippen LogP contribution in [0.5, 0.6) is 5.75 Å². The van der Waals surface area contributed by atoms with Crippen LogP contribution in [0.1, 0.15) is 35.4 Å². The number of hydrogen-bond donors (Lipinski definition) is 1. The van der Waals surface area contributed by atoms with Gasteiger partial charge in [0.15, 0.2) is 0 Å². The summed E-state index contributed by atoms with van der Waals surface area (Å²) >= 11 is 0. The van der Waals surface area contributed by atoms with Gasteiger partial charge in [0, 0.05) is 19.6 Å². The van der Waals surface area contributed by atoms with Crippen molar-refractivity contribution >= 4 is 11.0 Å². The summed E-state index contributed by atoms with van der Waals surface area (Å²) in [5.41, 5.74) is 6.00. The van der Waals surface area contributed by atoms with Gasteiger partial charge in [0.1, 0.15) is 11.6 Å². The van der Waals surface area contributed by atoms with Crippen molar-refractivity contribution in [3.05, 3.63) is 58.9 Å². The molecular weight excluding hydrogens is 324 g/mol. The quantitative estimate of drug-likeness (QED) is 0.613. The largest absolute Gasteiger partial charge is 0.494 e. The van der Waals surface area contributed by atoms with E-state index in [1.54, 1.807) is 0 Å². The molecule has 0 spiro atoms. The molecule has 0 radical (unpaired) electrons. The molecule has 0 unspecified atom stereocenters. The lowest BCUT2D eigenvalue weighted by molar-refractivity contribution is 0.285. The van der Waals surface area contributed by atoms with Crippen molar-refractivity contribution in [1.29, 1.82) is 0 Å². The van der Waals surface area contributed by atoms with Gasteiger partial charge in [-0.1, -0.05) is 17.7 Å². The standard InChI is InChI=1S/C22H28N2O2/c1-16-7-9-19(10-8-16)26-13-5-11-24-21-15-18(3)17(2)14-20(21)23-22(24)6-4-12-25/h7-10,14-15,25H,4-6,11-13H2,1-3H3. The molecule has 0 saturated carbocycles. The fraction of sp³-hybridized carbons (Fsp3) is 0.409. The SMILES string of the molecule is Cc1ccc(OCCCn2c(CCCO)nc3cc(C)c(C)cc32)cc1. The Balaban J connectivity index is 1.72. The van der Waals surface area contributed by atoms with E-state index in [9.17, 15) is 5.11 Å². The van der Waals surface area contributed by atoms with Crippen molar-refractivity contribution in [2.24, 2.45) is 0 Å². The Hall–Kier alpha value is -2.33. The van der Waals surface area contributed by atoms with E-state index in [0.29, 0.717) is 6.61 Å². The second kappa shape index (κ2) is 8.37. The number of aliphatic hydroxyl groups excluding tert-OH is 1. The zero-order valence-electron chi connectivity index (χ0n) is 16.0. The van der Waals surface area contributed by atoms with Crippen molar-refractivity contribution in [1.82, 2.24) is 9.55 Å². The molecule has 138 valence electrons. The summed E-state index contributed by atoms with van der Waals surface area (Å²) in [4.78, 5) is 4.81. The van der Waals surface area contributed by atoms with E-state index in [-0.39, 0.29) is 6.61 Å². The number of hydrogen-bond acceptors (Lipinski definition) is 3. The van der Waals surface area contributed by atoms with Gasteiger partial charge in [-0.2, -0.15) is 0 Å². The maximum absolute atomic E-state index is 9.18. The highest BCUT2D eigenvalue weighted by Crippen LogP contribution is 2.22. The minimum absolute atomic E-state index is 0.192. The molecule has 2 aromatic carbocycles. The second-order valence-electron chi connectivity index (χ2n) is 6.95. The number of aliphatic hydroxyl groups is 1. The number of nitrogens with zero attached hydrogens (tertiary/aromatic N) is 2. The van der Waals surface area contributed by atoms with Crippen molar-refractivity contribution in [2.45, 2.75) is 46.6 Å². The van der Waals surface area contributed by atoms with Crippen molar-refractivity contribution in [3.63, 3.8) is 0 Å². The summed E-state index contributed by atoms with van der Waals surface area (Å²) in [6.45, 7) is 8.07. The summed E-state index contributed by atoms with van der Waals surface area (Å²) in [6.07, 6.45) is 2.45. The Morgan fingerprint density at radius 3 is 2.46 bits per heavy atom. The number of aryl methyl sites for hydroxylation is 5. The lowest BCUT2D eigenvalue weighted by Crippen LogP contribution is -2.08. The minimum Gasteiger partial charge on any atom is -0.494 e. The van der Waals surface area contributed by atoms with E-state index in [4.69, 9.17) is 9.72 Å². The van der Waals surface area contributed by atoms with Gasteiger partial charge in [0.05, 0.1) is 17.6 Å². The highest BCUT2D eigenvalue weighted by Gasteiger charge is 2.12. The van der Waals surface area contributed by atoms with Gasteiger partial charge in [0.25, 0.3) is 0 Å². The van der Waals surface area contributed by atoms with E-state index in [2.05, 4.69) is 49.6 Å². The van der Waals surface area contributed by atoms with Crippen LogP contribution in [0.25, 0.3) is 11.0 Å². The van der Waals surface area contributed by atoms with Gasteiger partial charge in [0.2, 0.25) is 0 Å². The van der Waals surface area contributed by atoms with E-state index in [1.807, 2.05) is 12.1 Å². The molecule has 4 heteroatoms. The first kappa shape index (κ1) is 18.5. The Morgan fingerprint density at radius 2 is 1.73 bits per heavy atom. The van der Waals surface area contributed by atoms with Crippen LogP contribution in [-0.2, 0) is 13.0 Å². The van der Waals surface area contributed by atoms with Crippen molar-refractivity contribution < 1.29 is 9.84 Å². The van der Waals surface area contributed by atoms with Crippen LogP contribution in [0.3, 0.4) is 0 Å². The molecule has 0 fully saturated rings. The molecule has 26 heavy (non-hydrogen) atoms. The lowest BCUT2D eigenvalue weighted by atomic mass is 10.1. The fourth-order valence-electron chi connectivity index (χ4n) is 3.15.